The SMILES string of the molecule is Cc1cccc(O[C@@H](C)C(=O)N[C@@H](C)CCc2ccccc2)c1. The van der Waals surface area contributed by atoms with Gasteiger partial charge in [-0.3, -0.25) is 4.79 Å². The lowest BCUT2D eigenvalue weighted by Crippen LogP contribution is -2.41. The van der Waals surface area contributed by atoms with Crippen molar-refractivity contribution in [1.82, 2.24) is 5.32 Å². The quantitative estimate of drug-likeness (QED) is 0.842. The van der Waals surface area contributed by atoms with Crippen LogP contribution in [-0.2, 0) is 11.2 Å². The summed E-state index contributed by atoms with van der Waals surface area (Å²) in [6, 6.07) is 18.2. The second-order valence-corrected chi connectivity index (χ2v) is 6.01. The molecule has 3 heteroatoms. The number of carbonyl (C=O) groups excluding carboxylic acids is 1. The smallest absolute Gasteiger partial charge is 0.260 e. The topological polar surface area (TPSA) is 38.3 Å². The third-order valence-electron chi connectivity index (χ3n) is 3.77. The summed E-state index contributed by atoms with van der Waals surface area (Å²) in [5.41, 5.74) is 2.41. The van der Waals surface area contributed by atoms with Crippen LogP contribution in [0, 0.1) is 6.92 Å². The molecule has 1 N–H and O–H groups in total. The van der Waals surface area contributed by atoms with Crippen molar-refractivity contribution in [3.63, 3.8) is 0 Å². The molecule has 0 aliphatic carbocycles. The van der Waals surface area contributed by atoms with Gasteiger partial charge in [-0.25, -0.2) is 0 Å². The number of rotatable bonds is 7. The zero-order valence-corrected chi connectivity index (χ0v) is 14.1. The lowest BCUT2D eigenvalue weighted by Gasteiger charge is -2.19. The highest BCUT2D eigenvalue weighted by Crippen LogP contribution is 2.14. The van der Waals surface area contributed by atoms with Gasteiger partial charge in [-0.1, -0.05) is 42.5 Å². The number of aryl methyl sites for hydroxylation is 2. The summed E-state index contributed by atoms with van der Waals surface area (Å²) in [7, 11) is 0. The Bertz CT molecular complexity index is 625. The van der Waals surface area contributed by atoms with Crippen LogP contribution in [0.1, 0.15) is 31.4 Å². The summed E-state index contributed by atoms with van der Waals surface area (Å²) in [5, 5.41) is 3.02. The van der Waals surface area contributed by atoms with E-state index in [-0.39, 0.29) is 11.9 Å². The number of hydrogen-bond acceptors (Lipinski definition) is 2. The van der Waals surface area contributed by atoms with Crippen molar-refractivity contribution >= 4 is 5.91 Å². The van der Waals surface area contributed by atoms with Crippen LogP contribution >= 0.6 is 0 Å². The van der Waals surface area contributed by atoms with Gasteiger partial charge in [0.25, 0.3) is 5.91 Å². The Morgan fingerprint density at radius 1 is 1.09 bits per heavy atom. The lowest BCUT2D eigenvalue weighted by molar-refractivity contribution is -0.127. The molecule has 0 heterocycles. The monoisotopic (exact) mass is 311 g/mol. The molecule has 122 valence electrons. The van der Waals surface area contributed by atoms with E-state index in [9.17, 15) is 4.79 Å². The van der Waals surface area contributed by atoms with Gasteiger partial charge < -0.3 is 10.1 Å². The minimum Gasteiger partial charge on any atom is -0.481 e. The molecular weight excluding hydrogens is 286 g/mol. The van der Waals surface area contributed by atoms with Gasteiger partial charge in [0.2, 0.25) is 0 Å². The average Bonchev–Trinajstić information content (AvgIpc) is 2.54. The summed E-state index contributed by atoms with van der Waals surface area (Å²) in [6.07, 6.45) is 1.36. The molecular formula is C20H25NO2. The summed E-state index contributed by atoms with van der Waals surface area (Å²) in [5.74, 6) is 0.650. The molecule has 2 atom stereocenters. The van der Waals surface area contributed by atoms with Gasteiger partial charge in [-0.15, -0.1) is 0 Å². The van der Waals surface area contributed by atoms with Crippen molar-refractivity contribution in [2.24, 2.45) is 0 Å². The molecule has 0 fully saturated rings. The van der Waals surface area contributed by atoms with Crippen molar-refractivity contribution in [2.75, 3.05) is 0 Å². The molecule has 3 nitrogen and oxygen atoms in total. The molecule has 23 heavy (non-hydrogen) atoms. The van der Waals surface area contributed by atoms with Crippen LogP contribution in [0.3, 0.4) is 0 Å². The van der Waals surface area contributed by atoms with E-state index in [1.54, 1.807) is 6.92 Å². The van der Waals surface area contributed by atoms with Crippen LogP contribution in [0.25, 0.3) is 0 Å². The number of ether oxygens (including phenoxy) is 1. The Morgan fingerprint density at radius 2 is 1.83 bits per heavy atom. The van der Waals surface area contributed by atoms with Crippen LogP contribution in [0.5, 0.6) is 5.75 Å². The molecule has 0 spiro atoms. The maximum atomic E-state index is 12.2. The van der Waals surface area contributed by atoms with E-state index in [2.05, 4.69) is 17.4 Å². The summed E-state index contributed by atoms with van der Waals surface area (Å²) in [4.78, 5) is 12.2. The van der Waals surface area contributed by atoms with Crippen LogP contribution in [0.4, 0.5) is 0 Å². The fourth-order valence-electron chi connectivity index (χ4n) is 2.41. The first-order valence-corrected chi connectivity index (χ1v) is 8.12. The number of benzene rings is 2. The highest BCUT2D eigenvalue weighted by atomic mass is 16.5. The second-order valence-electron chi connectivity index (χ2n) is 6.01. The number of carbonyl (C=O) groups is 1. The van der Waals surface area contributed by atoms with E-state index in [4.69, 9.17) is 4.74 Å². The van der Waals surface area contributed by atoms with E-state index < -0.39 is 6.10 Å². The van der Waals surface area contributed by atoms with Crippen LogP contribution in [-0.4, -0.2) is 18.1 Å². The molecule has 2 aromatic carbocycles. The molecule has 0 saturated carbocycles. The van der Waals surface area contributed by atoms with Gasteiger partial charge in [-0.2, -0.15) is 0 Å². The first-order valence-electron chi connectivity index (χ1n) is 8.12. The van der Waals surface area contributed by atoms with Gasteiger partial charge in [0.1, 0.15) is 5.75 Å². The predicted octanol–water partition coefficient (Wildman–Crippen LogP) is 3.90. The third-order valence-corrected chi connectivity index (χ3v) is 3.77. The number of amides is 1. The molecule has 0 aliphatic heterocycles. The standard InChI is InChI=1S/C20H25NO2/c1-15-8-7-11-19(14-15)23-17(3)20(22)21-16(2)12-13-18-9-5-4-6-10-18/h4-11,14,16-17H,12-13H2,1-3H3,(H,21,22)/t16-,17-/m0/s1. The third kappa shape index (κ3) is 5.78. The average molecular weight is 311 g/mol. The van der Waals surface area contributed by atoms with Crippen molar-refractivity contribution < 1.29 is 9.53 Å². The van der Waals surface area contributed by atoms with E-state index in [0.29, 0.717) is 0 Å². The summed E-state index contributed by atoms with van der Waals surface area (Å²) < 4.78 is 5.71. The van der Waals surface area contributed by atoms with Gasteiger partial charge in [-0.05, 0) is 56.9 Å². The van der Waals surface area contributed by atoms with Gasteiger partial charge >= 0.3 is 0 Å². The summed E-state index contributed by atoms with van der Waals surface area (Å²) >= 11 is 0. The zero-order valence-electron chi connectivity index (χ0n) is 14.1. The molecule has 0 unspecified atom stereocenters. The van der Waals surface area contributed by atoms with E-state index in [1.165, 1.54) is 5.56 Å². The molecule has 2 rings (SSSR count). The second kappa shape index (κ2) is 8.37. The Kier molecular flexibility index (Phi) is 6.21. The van der Waals surface area contributed by atoms with E-state index in [0.717, 1.165) is 24.2 Å². The normalized spacial score (nSPS) is 13.2. The van der Waals surface area contributed by atoms with Crippen LogP contribution in [0.2, 0.25) is 0 Å². The van der Waals surface area contributed by atoms with E-state index in [1.807, 2.05) is 56.3 Å². The first kappa shape index (κ1) is 17.1. The van der Waals surface area contributed by atoms with Crippen molar-refractivity contribution in [3.05, 3.63) is 65.7 Å². The summed E-state index contributed by atoms with van der Waals surface area (Å²) in [6.45, 7) is 5.81. The van der Waals surface area contributed by atoms with Crippen molar-refractivity contribution in [1.29, 1.82) is 0 Å². The maximum Gasteiger partial charge on any atom is 0.260 e. The molecule has 0 aliphatic rings. The number of nitrogens with one attached hydrogen (secondary N) is 1. The highest BCUT2D eigenvalue weighted by molar-refractivity contribution is 5.80. The van der Waals surface area contributed by atoms with Gasteiger partial charge in [0.05, 0.1) is 0 Å². The fourth-order valence-corrected chi connectivity index (χ4v) is 2.41. The first-order chi connectivity index (χ1) is 11.0. The van der Waals surface area contributed by atoms with Crippen LogP contribution in [0.15, 0.2) is 54.6 Å². The van der Waals surface area contributed by atoms with Crippen LogP contribution < -0.4 is 10.1 Å². The highest BCUT2D eigenvalue weighted by Gasteiger charge is 2.16. The molecule has 0 aromatic heterocycles. The lowest BCUT2D eigenvalue weighted by atomic mass is 10.1. The predicted molar refractivity (Wildman–Crippen MR) is 93.6 cm³/mol. The molecule has 1 amide bonds. The Hall–Kier alpha value is -2.29. The maximum absolute atomic E-state index is 12.2. The Balaban J connectivity index is 1.78. The molecule has 0 saturated heterocycles. The van der Waals surface area contributed by atoms with Gasteiger partial charge in [0.15, 0.2) is 6.10 Å². The fraction of sp³-hybridized carbons (Fsp3) is 0.350. The minimum atomic E-state index is -0.504. The Labute approximate surface area is 138 Å². The number of hydrogen-bond donors (Lipinski definition) is 1. The zero-order chi connectivity index (χ0) is 16.7. The van der Waals surface area contributed by atoms with Gasteiger partial charge in [0, 0.05) is 6.04 Å². The minimum absolute atomic E-state index is 0.0768. The van der Waals surface area contributed by atoms with E-state index >= 15 is 0 Å². The van der Waals surface area contributed by atoms with Crippen molar-refractivity contribution in [3.8, 4) is 5.75 Å². The molecule has 0 radical (unpaired) electrons. The molecule has 0 bridgehead atoms. The Morgan fingerprint density at radius 3 is 2.52 bits per heavy atom. The molecule has 2 aromatic rings. The largest absolute Gasteiger partial charge is 0.481 e. The van der Waals surface area contributed by atoms with Crippen molar-refractivity contribution in [2.45, 2.75) is 45.8 Å².